The minimum Gasteiger partial charge on any atom is -0.480 e. The van der Waals surface area contributed by atoms with Crippen molar-refractivity contribution in [3.05, 3.63) is 0 Å². The molecule has 0 saturated heterocycles. The van der Waals surface area contributed by atoms with Crippen LogP contribution in [-0.4, -0.2) is 41.2 Å². The van der Waals surface area contributed by atoms with E-state index in [1.54, 1.807) is 0 Å². The fourth-order valence-corrected chi connectivity index (χ4v) is 0.926. The topological polar surface area (TPSA) is 134 Å². The van der Waals surface area contributed by atoms with Gasteiger partial charge in [0, 0.05) is 6.42 Å². The lowest BCUT2D eigenvalue weighted by Crippen LogP contribution is -2.28. The van der Waals surface area contributed by atoms with Crippen molar-refractivity contribution in [3.63, 3.8) is 0 Å². The molecule has 0 heterocycles. The van der Waals surface area contributed by atoms with Gasteiger partial charge in [-0.2, -0.15) is 0 Å². The molecular formula is C7H16N4O3. The van der Waals surface area contributed by atoms with Crippen LogP contribution in [0.15, 0.2) is 4.99 Å². The highest BCUT2D eigenvalue weighted by Gasteiger charge is 2.19. The second kappa shape index (κ2) is 7.25. The molecule has 0 aromatic rings. The van der Waals surface area contributed by atoms with Gasteiger partial charge in [-0.05, 0) is 13.0 Å². The molecule has 0 radical (unpaired) electrons. The molecule has 82 valence electrons. The fraction of sp³-hybridized carbons (Fsp3) is 0.714. The molecular weight excluding hydrogens is 188 g/mol. The summed E-state index contributed by atoms with van der Waals surface area (Å²) in [4.78, 5) is 14.2. The quantitative estimate of drug-likeness (QED) is 0.141. The van der Waals surface area contributed by atoms with Crippen molar-refractivity contribution in [2.24, 2.45) is 16.6 Å². The minimum atomic E-state index is -1.10. The number of carbonyl (C=O) groups is 1. The fourth-order valence-electron chi connectivity index (χ4n) is 0.926. The summed E-state index contributed by atoms with van der Waals surface area (Å²) in [6, 6.07) is -0.993. The zero-order valence-electron chi connectivity index (χ0n) is 7.76. The maximum absolute atomic E-state index is 10.6. The highest BCUT2D eigenvalue weighted by Crippen LogP contribution is 2.05. The van der Waals surface area contributed by atoms with E-state index >= 15 is 0 Å². The van der Waals surface area contributed by atoms with Gasteiger partial charge in [-0.15, -0.1) is 0 Å². The highest BCUT2D eigenvalue weighted by molar-refractivity contribution is 5.75. The number of aliphatic hydroxyl groups is 1. The number of nitrogens with zero attached hydrogens (tertiary/aromatic N) is 1. The summed E-state index contributed by atoms with van der Waals surface area (Å²) in [5, 5.41) is 18.0. The Morgan fingerprint density at radius 2 is 2.29 bits per heavy atom. The normalized spacial score (nSPS) is 15.4. The third kappa shape index (κ3) is 5.46. The zero-order valence-corrected chi connectivity index (χ0v) is 7.76. The highest BCUT2D eigenvalue weighted by atomic mass is 16.4. The van der Waals surface area contributed by atoms with Gasteiger partial charge in [0.15, 0.2) is 6.04 Å². The molecule has 0 aromatic heterocycles. The number of hydrogen-bond donors (Lipinski definition) is 5. The van der Waals surface area contributed by atoms with Crippen molar-refractivity contribution >= 4 is 12.3 Å². The summed E-state index contributed by atoms with van der Waals surface area (Å²) in [5.41, 5.74) is 7.30. The van der Waals surface area contributed by atoms with Crippen molar-refractivity contribution in [1.29, 1.82) is 0 Å². The van der Waals surface area contributed by atoms with Crippen LogP contribution in [0.25, 0.3) is 0 Å². The molecule has 0 saturated carbocycles. The summed E-state index contributed by atoms with van der Waals surface area (Å²) >= 11 is 0. The van der Waals surface area contributed by atoms with Gasteiger partial charge in [0.2, 0.25) is 0 Å². The lowest BCUT2D eigenvalue weighted by molar-refractivity contribution is -0.139. The van der Waals surface area contributed by atoms with Gasteiger partial charge in [-0.3, -0.25) is 4.99 Å². The van der Waals surface area contributed by atoms with E-state index in [-0.39, 0.29) is 6.42 Å². The van der Waals surface area contributed by atoms with Crippen molar-refractivity contribution in [3.8, 4) is 0 Å². The Labute approximate surface area is 81.8 Å². The van der Waals surface area contributed by atoms with Crippen molar-refractivity contribution in [2.45, 2.75) is 25.0 Å². The lowest BCUT2D eigenvalue weighted by Gasteiger charge is -2.12. The first-order valence-electron chi connectivity index (χ1n) is 4.20. The summed E-state index contributed by atoms with van der Waals surface area (Å²) < 4.78 is 0. The number of aliphatic carboxylic acids is 1. The number of hydrogen-bond acceptors (Lipinski definition) is 5. The predicted molar refractivity (Wildman–Crippen MR) is 51.5 cm³/mol. The molecule has 0 rings (SSSR count). The van der Waals surface area contributed by atoms with Crippen molar-refractivity contribution in [2.75, 3.05) is 6.54 Å². The number of aliphatic hydroxyl groups excluding tert-OH is 1. The monoisotopic (exact) mass is 204 g/mol. The number of hydrazine groups is 1. The van der Waals surface area contributed by atoms with Gasteiger partial charge in [-0.1, -0.05) is 0 Å². The maximum atomic E-state index is 10.6. The second-order valence-electron chi connectivity index (χ2n) is 2.77. The number of aliphatic imine (C=N–C) groups is 1. The molecule has 7 heteroatoms. The molecule has 7 nitrogen and oxygen atoms in total. The van der Waals surface area contributed by atoms with Crippen LogP contribution in [0.2, 0.25) is 0 Å². The van der Waals surface area contributed by atoms with E-state index < -0.39 is 18.1 Å². The van der Waals surface area contributed by atoms with Crippen LogP contribution in [0.4, 0.5) is 0 Å². The molecule has 14 heavy (non-hydrogen) atoms. The molecule has 7 N–H and O–H groups in total. The molecule has 0 fully saturated rings. The Morgan fingerprint density at radius 1 is 1.64 bits per heavy atom. The van der Waals surface area contributed by atoms with E-state index in [0.717, 1.165) is 6.34 Å². The van der Waals surface area contributed by atoms with Crippen LogP contribution in [0, 0.1) is 0 Å². The number of carboxylic acid groups (broad SMARTS) is 1. The van der Waals surface area contributed by atoms with Crippen LogP contribution >= 0.6 is 0 Å². The van der Waals surface area contributed by atoms with Gasteiger partial charge < -0.3 is 21.4 Å². The predicted octanol–water partition coefficient (Wildman–Crippen LogP) is -1.97. The van der Waals surface area contributed by atoms with E-state index in [4.69, 9.17) is 16.7 Å². The van der Waals surface area contributed by atoms with Crippen LogP contribution in [0.3, 0.4) is 0 Å². The first kappa shape index (κ1) is 12.8. The Morgan fingerprint density at radius 3 is 2.71 bits per heavy atom. The van der Waals surface area contributed by atoms with Gasteiger partial charge >= 0.3 is 5.97 Å². The summed E-state index contributed by atoms with van der Waals surface area (Å²) in [6.07, 6.45) is 0.713. The summed E-state index contributed by atoms with van der Waals surface area (Å²) in [5.74, 6) is 3.79. The van der Waals surface area contributed by atoms with Gasteiger partial charge in [0.05, 0.1) is 12.4 Å². The number of nitrogens with two attached hydrogens (primary N) is 2. The minimum absolute atomic E-state index is 0.0325. The van der Waals surface area contributed by atoms with Gasteiger partial charge in [0.1, 0.15) is 0 Å². The Kier molecular flexibility index (Phi) is 6.63. The molecule has 0 aliphatic carbocycles. The molecule has 0 aliphatic rings. The van der Waals surface area contributed by atoms with Gasteiger partial charge in [0.25, 0.3) is 0 Å². The molecule has 2 unspecified atom stereocenters. The Bertz CT molecular complexity index is 197. The standard InChI is InChI=1S/C7H16N4O3/c8-2-1-5(12)3-6(7(13)14)10-4-11-9/h4-6,12H,1-3,8-9H2,(H,10,11)(H,13,14). The van der Waals surface area contributed by atoms with Crippen LogP contribution in [-0.2, 0) is 4.79 Å². The molecule has 0 amide bonds. The van der Waals surface area contributed by atoms with E-state index in [1.807, 2.05) is 0 Å². The van der Waals surface area contributed by atoms with Gasteiger partial charge in [-0.25, -0.2) is 10.6 Å². The summed E-state index contributed by atoms with van der Waals surface area (Å²) in [6.45, 7) is 0.312. The average molecular weight is 204 g/mol. The number of carboxylic acids is 1. The van der Waals surface area contributed by atoms with Crippen molar-refractivity contribution < 1.29 is 15.0 Å². The number of rotatable bonds is 7. The molecule has 0 bridgehead atoms. The third-order valence-corrected chi connectivity index (χ3v) is 1.61. The second-order valence-corrected chi connectivity index (χ2v) is 2.77. The van der Waals surface area contributed by atoms with E-state index in [2.05, 4.69) is 10.4 Å². The van der Waals surface area contributed by atoms with Crippen LogP contribution < -0.4 is 17.0 Å². The van der Waals surface area contributed by atoms with Crippen LogP contribution in [0.5, 0.6) is 0 Å². The maximum Gasteiger partial charge on any atom is 0.328 e. The first-order chi connectivity index (χ1) is 6.61. The van der Waals surface area contributed by atoms with Crippen molar-refractivity contribution in [1.82, 2.24) is 5.43 Å². The lowest BCUT2D eigenvalue weighted by atomic mass is 10.1. The molecule has 0 aliphatic heterocycles. The molecule has 0 spiro atoms. The van der Waals surface area contributed by atoms with E-state index in [9.17, 15) is 9.90 Å². The Balaban J connectivity index is 4.08. The third-order valence-electron chi connectivity index (χ3n) is 1.61. The summed E-state index contributed by atoms with van der Waals surface area (Å²) in [7, 11) is 0. The number of nitrogens with one attached hydrogen (secondary N) is 1. The SMILES string of the molecule is NCCC(O)CC(N=CNN)C(=O)O. The van der Waals surface area contributed by atoms with Crippen LogP contribution in [0.1, 0.15) is 12.8 Å². The van der Waals surface area contributed by atoms with E-state index in [0.29, 0.717) is 13.0 Å². The largest absolute Gasteiger partial charge is 0.480 e. The van der Waals surface area contributed by atoms with E-state index in [1.165, 1.54) is 0 Å². The smallest absolute Gasteiger partial charge is 0.328 e. The zero-order chi connectivity index (χ0) is 11.0. The molecule has 2 atom stereocenters. The molecule has 0 aromatic carbocycles. The Hall–Kier alpha value is -1.18. The average Bonchev–Trinajstić information content (AvgIpc) is 2.12. The first-order valence-corrected chi connectivity index (χ1v) is 4.20.